The standard InChI is InChI=1S/C19H24N6O6S/c1-5-23(6-2)32(30,31)19-12-16(25(28)29)7-9-17(19)21-20-13-14-11-15(24(26)27)8-10-18(14)22(3)4/h7-13,21H,5-6H2,1-4H3/b20-13-. The Morgan fingerprint density at radius 2 is 1.56 bits per heavy atom. The maximum atomic E-state index is 13.0. The summed E-state index contributed by atoms with van der Waals surface area (Å²) in [5, 5.41) is 26.3. The van der Waals surface area contributed by atoms with Crippen molar-refractivity contribution in [3.05, 3.63) is 62.2 Å². The SMILES string of the molecule is CCN(CC)S(=O)(=O)c1cc([N+](=O)[O-])ccc1N/N=C\c1cc([N+](=O)[O-])ccc1N(C)C. The van der Waals surface area contributed by atoms with Crippen molar-refractivity contribution in [2.24, 2.45) is 5.10 Å². The largest absolute Gasteiger partial charge is 0.377 e. The summed E-state index contributed by atoms with van der Waals surface area (Å²) in [5.41, 5.74) is 3.21. The monoisotopic (exact) mass is 464 g/mol. The molecule has 0 aliphatic carbocycles. The molecule has 0 aliphatic heterocycles. The zero-order valence-corrected chi connectivity index (χ0v) is 18.9. The van der Waals surface area contributed by atoms with E-state index < -0.39 is 19.9 Å². The lowest BCUT2D eigenvalue weighted by Crippen LogP contribution is -2.31. The van der Waals surface area contributed by atoms with Crippen LogP contribution < -0.4 is 10.3 Å². The number of hydrogen-bond donors (Lipinski definition) is 1. The highest BCUT2D eigenvalue weighted by atomic mass is 32.2. The second-order valence-corrected chi connectivity index (χ2v) is 8.70. The first-order chi connectivity index (χ1) is 15.0. The molecule has 2 aromatic carbocycles. The van der Waals surface area contributed by atoms with Gasteiger partial charge in [-0.05, 0) is 12.1 Å². The normalized spacial score (nSPS) is 11.7. The quantitative estimate of drug-likeness (QED) is 0.320. The molecule has 12 nitrogen and oxygen atoms in total. The molecule has 0 atom stereocenters. The fraction of sp³-hybridized carbons (Fsp3) is 0.316. The topological polar surface area (TPSA) is 151 Å². The molecule has 0 aliphatic rings. The maximum absolute atomic E-state index is 13.0. The molecule has 13 heteroatoms. The zero-order chi connectivity index (χ0) is 24.1. The van der Waals surface area contributed by atoms with Gasteiger partial charge in [-0.25, -0.2) is 8.42 Å². The van der Waals surface area contributed by atoms with Gasteiger partial charge in [0.25, 0.3) is 11.4 Å². The Kier molecular flexibility index (Phi) is 7.83. The number of nitrogens with one attached hydrogen (secondary N) is 1. The van der Waals surface area contributed by atoms with E-state index >= 15 is 0 Å². The number of sulfonamides is 1. The predicted octanol–water partition coefficient (Wildman–Crippen LogP) is 3.05. The van der Waals surface area contributed by atoms with E-state index in [9.17, 15) is 28.6 Å². The van der Waals surface area contributed by atoms with Gasteiger partial charge in [-0.2, -0.15) is 9.41 Å². The molecule has 0 saturated carbocycles. The smallest absolute Gasteiger partial charge is 0.270 e. The van der Waals surface area contributed by atoms with Gasteiger partial charge in [-0.15, -0.1) is 0 Å². The van der Waals surface area contributed by atoms with Crippen LogP contribution in [0.25, 0.3) is 0 Å². The zero-order valence-electron chi connectivity index (χ0n) is 18.0. The second kappa shape index (κ2) is 10.2. The number of rotatable bonds is 10. The molecule has 2 aromatic rings. The summed E-state index contributed by atoms with van der Waals surface area (Å²) in [6.07, 6.45) is 1.32. The highest BCUT2D eigenvalue weighted by Crippen LogP contribution is 2.29. The van der Waals surface area contributed by atoms with Crippen molar-refractivity contribution >= 4 is 39.0 Å². The molecule has 0 fully saturated rings. The molecule has 32 heavy (non-hydrogen) atoms. The first-order valence-corrected chi connectivity index (χ1v) is 11.0. The predicted molar refractivity (Wildman–Crippen MR) is 122 cm³/mol. The van der Waals surface area contributed by atoms with Gasteiger partial charge in [0.05, 0.1) is 21.7 Å². The van der Waals surface area contributed by atoms with E-state index in [1.54, 1.807) is 38.9 Å². The summed E-state index contributed by atoms with van der Waals surface area (Å²) in [7, 11) is -0.506. The molecule has 0 heterocycles. The summed E-state index contributed by atoms with van der Waals surface area (Å²) in [6.45, 7) is 3.69. The summed E-state index contributed by atoms with van der Waals surface area (Å²) in [4.78, 5) is 22.5. The third kappa shape index (κ3) is 5.36. The first-order valence-electron chi connectivity index (χ1n) is 9.56. The van der Waals surface area contributed by atoms with E-state index in [1.165, 1.54) is 28.7 Å². The summed E-state index contributed by atoms with van der Waals surface area (Å²) in [5.74, 6) is 0. The molecule has 2 rings (SSSR count). The number of nitro benzene ring substituents is 2. The molecule has 0 saturated heterocycles. The Labute approximate surface area is 185 Å². The minimum absolute atomic E-state index is 0.0376. The summed E-state index contributed by atoms with van der Waals surface area (Å²) < 4.78 is 27.2. The van der Waals surface area contributed by atoms with Crippen molar-refractivity contribution < 1.29 is 18.3 Å². The van der Waals surface area contributed by atoms with E-state index in [0.717, 1.165) is 12.1 Å². The van der Waals surface area contributed by atoms with Crippen LogP contribution in [0.5, 0.6) is 0 Å². The molecule has 0 radical (unpaired) electrons. The van der Waals surface area contributed by atoms with Crippen LogP contribution in [0.2, 0.25) is 0 Å². The molecule has 0 bridgehead atoms. The fourth-order valence-corrected chi connectivity index (χ4v) is 4.59. The van der Waals surface area contributed by atoms with E-state index in [-0.39, 0.29) is 35.0 Å². The Balaban J connectivity index is 2.50. The second-order valence-electron chi connectivity index (χ2n) is 6.79. The Morgan fingerprint density at radius 1 is 1.00 bits per heavy atom. The van der Waals surface area contributed by atoms with Crippen molar-refractivity contribution in [3.8, 4) is 0 Å². The van der Waals surface area contributed by atoms with Crippen LogP contribution in [-0.2, 0) is 10.0 Å². The van der Waals surface area contributed by atoms with Gasteiger partial charge in [0, 0.05) is 62.7 Å². The van der Waals surface area contributed by atoms with E-state index in [2.05, 4.69) is 10.5 Å². The van der Waals surface area contributed by atoms with Crippen LogP contribution in [0.3, 0.4) is 0 Å². The number of non-ortho nitro benzene ring substituents is 2. The van der Waals surface area contributed by atoms with Gasteiger partial charge in [-0.3, -0.25) is 25.7 Å². The molecule has 0 aromatic heterocycles. The number of nitrogens with zero attached hydrogens (tertiary/aromatic N) is 5. The third-order valence-electron chi connectivity index (χ3n) is 4.59. The Hall–Kier alpha value is -3.58. The van der Waals surface area contributed by atoms with E-state index in [1.807, 2.05) is 0 Å². The minimum Gasteiger partial charge on any atom is -0.377 e. The third-order valence-corrected chi connectivity index (χ3v) is 6.68. The molecule has 0 unspecified atom stereocenters. The van der Waals surface area contributed by atoms with Crippen molar-refractivity contribution in [1.29, 1.82) is 0 Å². The van der Waals surface area contributed by atoms with Crippen LogP contribution in [0.15, 0.2) is 46.4 Å². The summed E-state index contributed by atoms with van der Waals surface area (Å²) >= 11 is 0. The first kappa shape index (κ1) is 24.7. The van der Waals surface area contributed by atoms with Crippen molar-refractivity contribution in [1.82, 2.24) is 4.31 Å². The lowest BCUT2D eigenvalue weighted by Gasteiger charge is -2.20. The minimum atomic E-state index is -4.03. The lowest BCUT2D eigenvalue weighted by atomic mass is 10.1. The van der Waals surface area contributed by atoms with Crippen LogP contribution in [0.4, 0.5) is 22.7 Å². The summed E-state index contributed by atoms with van der Waals surface area (Å²) in [6, 6.07) is 7.67. The Bertz CT molecular complexity index is 1140. The average Bonchev–Trinajstić information content (AvgIpc) is 2.74. The fourth-order valence-electron chi connectivity index (χ4n) is 2.97. The molecule has 1 N–H and O–H groups in total. The average molecular weight is 465 g/mol. The molecular formula is C19H24N6O6S. The van der Waals surface area contributed by atoms with Crippen molar-refractivity contribution in [2.75, 3.05) is 37.5 Å². The molecule has 0 amide bonds. The highest BCUT2D eigenvalue weighted by Gasteiger charge is 2.27. The number of hydrazone groups is 1. The number of nitro groups is 2. The van der Waals surface area contributed by atoms with Crippen LogP contribution in [-0.4, -0.2) is 56.0 Å². The van der Waals surface area contributed by atoms with Gasteiger partial charge < -0.3 is 4.90 Å². The van der Waals surface area contributed by atoms with E-state index in [0.29, 0.717) is 11.3 Å². The van der Waals surface area contributed by atoms with Crippen LogP contribution >= 0.6 is 0 Å². The number of hydrogen-bond acceptors (Lipinski definition) is 9. The van der Waals surface area contributed by atoms with Gasteiger partial charge in [0.2, 0.25) is 10.0 Å². The van der Waals surface area contributed by atoms with E-state index in [4.69, 9.17) is 0 Å². The van der Waals surface area contributed by atoms with Gasteiger partial charge in [-0.1, -0.05) is 13.8 Å². The van der Waals surface area contributed by atoms with Gasteiger partial charge in [0.1, 0.15) is 4.90 Å². The van der Waals surface area contributed by atoms with Gasteiger partial charge in [0.15, 0.2) is 0 Å². The Morgan fingerprint density at radius 3 is 2.09 bits per heavy atom. The molecule has 0 spiro atoms. The van der Waals surface area contributed by atoms with Gasteiger partial charge >= 0.3 is 0 Å². The number of anilines is 2. The highest BCUT2D eigenvalue weighted by molar-refractivity contribution is 7.89. The molecular weight excluding hydrogens is 440 g/mol. The van der Waals surface area contributed by atoms with Crippen molar-refractivity contribution in [3.63, 3.8) is 0 Å². The van der Waals surface area contributed by atoms with Crippen LogP contribution in [0.1, 0.15) is 19.4 Å². The maximum Gasteiger partial charge on any atom is 0.270 e. The van der Waals surface area contributed by atoms with Crippen molar-refractivity contribution in [2.45, 2.75) is 18.7 Å². The molecule has 172 valence electrons. The number of benzene rings is 2. The van der Waals surface area contributed by atoms with Crippen LogP contribution in [0, 0.1) is 20.2 Å². The lowest BCUT2D eigenvalue weighted by molar-refractivity contribution is -0.385.